The third-order valence-electron chi connectivity index (χ3n) is 3.36. The Morgan fingerprint density at radius 1 is 1.40 bits per heavy atom. The topological polar surface area (TPSA) is 17.8 Å². The van der Waals surface area contributed by atoms with Crippen LogP contribution in [0, 0.1) is 0 Å². The molecule has 1 unspecified atom stereocenters. The maximum Gasteiger partial charge on any atom is 0.125 e. The van der Waals surface area contributed by atoms with E-state index in [4.69, 9.17) is 11.6 Å². The van der Waals surface area contributed by atoms with Crippen molar-refractivity contribution < 1.29 is 0 Å². The highest BCUT2D eigenvalue weighted by Gasteiger charge is 2.16. The highest BCUT2D eigenvalue weighted by molar-refractivity contribution is 9.10. The van der Waals surface area contributed by atoms with Gasteiger partial charge in [0.25, 0.3) is 0 Å². The summed E-state index contributed by atoms with van der Waals surface area (Å²) in [6, 6.07) is 10.8. The molecule has 0 bridgehead atoms. The number of halogens is 2. The fourth-order valence-electron chi connectivity index (χ4n) is 2.52. The van der Waals surface area contributed by atoms with Crippen molar-refractivity contribution in [1.29, 1.82) is 0 Å². The molecular formula is C15H14BrClN2S. The molecule has 0 amide bonds. The molecule has 3 aromatic rings. The summed E-state index contributed by atoms with van der Waals surface area (Å²) in [5.41, 5.74) is 2.14. The Balaban J connectivity index is 2.04. The summed E-state index contributed by atoms with van der Waals surface area (Å²) >= 11 is 11.4. The van der Waals surface area contributed by atoms with E-state index in [2.05, 4.69) is 62.1 Å². The number of imidazole rings is 1. The van der Waals surface area contributed by atoms with E-state index < -0.39 is 0 Å². The van der Waals surface area contributed by atoms with E-state index in [1.807, 2.05) is 6.07 Å². The van der Waals surface area contributed by atoms with Crippen molar-refractivity contribution in [2.45, 2.75) is 25.3 Å². The molecule has 0 aliphatic carbocycles. The first-order chi connectivity index (χ1) is 9.69. The normalized spacial score (nSPS) is 12.9. The molecule has 1 atom stereocenters. The Labute approximate surface area is 135 Å². The minimum absolute atomic E-state index is 0.341. The smallest absolute Gasteiger partial charge is 0.125 e. The van der Waals surface area contributed by atoms with Crippen LogP contribution in [-0.4, -0.2) is 9.55 Å². The molecule has 0 saturated heterocycles. The van der Waals surface area contributed by atoms with E-state index in [-0.39, 0.29) is 0 Å². The van der Waals surface area contributed by atoms with Crippen molar-refractivity contribution in [2.24, 2.45) is 0 Å². The van der Waals surface area contributed by atoms with E-state index >= 15 is 0 Å². The molecule has 0 spiro atoms. The number of alkyl halides is 1. The summed E-state index contributed by atoms with van der Waals surface area (Å²) in [5, 5.41) is 2.12. The molecule has 1 aromatic carbocycles. The minimum atomic E-state index is 0.341. The number of aromatic nitrogens is 2. The molecule has 0 aliphatic rings. The summed E-state index contributed by atoms with van der Waals surface area (Å²) in [6.45, 7) is 2.22. The molecular weight excluding hydrogens is 356 g/mol. The molecule has 0 radical (unpaired) electrons. The molecule has 0 saturated carbocycles. The third kappa shape index (κ3) is 2.65. The Morgan fingerprint density at radius 3 is 2.95 bits per heavy atom. The lowest BCUT2D eigenvalue weighted by molar-refractivity contribution is 0.547. The average Bonchev–Trinajstić information content (AvgIpc) is 3.04. The van der Waals surface area contributed by atoms with E-state index in [1.165, 1.54) is 4.88 Å². The van der Waals surface area contributed by atoms with Gasteiger partial charge in [-0.15, -0.1) is 22.9 Å². The van der Waals surface area contributed by atoms with Gasteiger partial charge in [0.05, 0.1) is 16.9 Å². The number of rotatable bonds is 4. The molecule has 5 heteroatoms. The van der Waals surface area contributed by atoms with E-state index in [9.17, 15) is 0 Å². The average molecular weight is 370 g/mol. The van der Waals surface area contributed by atoms with Gasteiger partial charge >= 0.3 is 0 Å². The van der Waals surface area contributed by atoms with Gasteiger partial charge in [0.15, 0.2) is 0 Å². The first kappa shape index (κ1) is 14.1. The molecule has 0 N–H and O–H groups in total. The van der Waals surface area contributed by atoms with Crippen LogP contribution in [-0.2, 0) is 12.3 Å². The Hall–Kier alpha value is -0.840. The van der Waals surface area contributed by atoms with Gasteiger partial charge in [-0.2, -0.15) is 0 Å². The fraction of sp³-hybridized carbons (Fsp3) is 0.267. The van der Waals surface area contributed by atoms with Gasteiger partial charge in [0, 0.05) is 21.8 Å². The zero-order chi connectivity index (χ0) is 14.1. The molecule has 2 heterocycles. The van der Waals surface area contributed by atoms with Crippen LogP contribution in [0.2, 0.25) is 0 Å². The molecule has 0 fully saturated rings. The number of fused-ring (bicyclic) bond motifs is 1. The largest absolute Gasteiger partial charge is 0.324 e. The summed E-state index contributed by atoms with van der Waals surface area (Å²) in [7, 11) is 0. The summed E-state index contributed by atoms with van der Waals surface area (Å²) in [4.78, 5) is 6.03. The van der Waals surface area contributed by atoms with Crippen LogP contribution in [0.4, 0.5) is 0 Å². The van der Waals surface area contributed by atoms with Crippen LogP contribution in [0.25, 0.3) is 11.0 Å². The quantitative estimate of drug-likeness (QED) is 0.563. The fourth-order valence-corrected chi connectivity index (χ4v) is 3.88. The van der Waals surface area contributed by atoms with Crippen LogP contribution in [0.1, 0.15) is 23.7 Å². The summed E-state index contributed by atoms with van der Waals surface area (Å²) in [6.07, 6.45) is 1.00. The van der Waals surface area contributed by atoms with Crippen molar-refractivity contribution in [3.05, 3.63) is 50.9 Å². The second kappa shape index (κ2) is 5.88. The molecule has 0 aliphatic heterocycles. The van der Waals surface area contributed by atoms with Crippen molar-refractivity contribution >= 4 is 49.9 Å². The van der Waals surface area contributed by atoms with Crippen molar-refractivity contribution in [3.8, 4) is 0 Å². The number of thiophene rings is 1. The highest BCUT2D eigenvalue weighted by atomic mass is 79.9. The minimum Gasteiger partial charge on any atom is -0.324 e. The number of hydrogen-bond donors (Lipinski definition) is 0. The van der Waals surface area contributed by atoms with E-state index in [1.54, 1.807) is 11.3 Å². The number of hydrogen-bond acceptors (Lipinski definition) is 2. The first-order valence-electron chi connectivity index (χ1n) is 6.43. The van der Waals surface area contributed by atoms with Gasteiger partial charge < -0.3 is 4.57 Å². The second-order valence-corrected chi connectivity index (χ2v) is 7.01. The Bertz CT molecular complexity index is 721. The van der Waals surface area contributed by atoms with Crippen LogP contribution < -0.4 is 0 Å². The van der Waals surface area contributed by atoms with Crippen LogP contribution in [0.5, 0.6) is 0 Å². The van der Waals surface area contributed by atoms with E-state index in [0.29, 0.717) is 11.9 Å². The molecule has 3 rings (SSSR count). The van der Waals surface area contributed by atoms with Gasteiger partial charge in [-0.1, -0.05) is 22.0 Å². The number of benzene rings is 1. The van der Waals surface area contributed by atoms with Crippen molar-refractivity contribution in [1.82, 2.24) is 9.55 Å². The molecule has 104 valence electrons. The maximum absolute atomic E-state index is 6.08. The lowest BCUT2D eigenvalue weighted by Gasteiger charge is -2.16. The third-order valence-corrected chi connectivity index (χ3v) is 4.99. The molecule has 2 nitrogen and oxygen atoms in total. The lowest BCUT2D eigenvalue weighted by Crippen LogP contribution is -2.10. The van der Waals surface area contributed by atoms with Gasteiger partial charge in [0.2, 0.25) is 0 Å². The SMILES string of the molecule is CC(Cc1cccs1)n1c(CCl)nc2cc(Br)ccc21. The number of nitrogens with zero attached hydrogens (tertiary/aromatic N) is 2. The van der Waals surface area contributed by atoms with Crippen molar-refractivity contribution in [2.75, 3.05) is 0 Å². The zero-order valence-electron chi connectivity index (χ0n) is 11.0. The van der Waals surface area contributed by atoms with Gasteiger partial charge in [-0.3, -0.25) is 0 Å². The first-order valence-corrected chi connectivity index (χ1v) is 8.64. The maximum atomic E-state index is 6.08. The monoisotopic (exact) mass is 368 g/mol. The Morgan fingerprint density at radius 2 is 2.25 bits per heavy atom. The summed E-state index contributed by atoms with van der Waals surface area (Å²) in [5.74, 6) is 1.37. The zero-order valence-corrected chi connectivity index (χ0v) is 14.2. The standard InChI is InChI=1S/C15H14BrClN2S/c1-10(7-12-3-2-6-20-12)19-14-5-4-11(16)8-13(14)18-15(19)9-17/h2-6,8,10H,7,9H2,1H3. The van der Waals surface area contributed by atoms with Gasteiger partial charge in [-0.05, 0) is 36.6 Å². The highest BCUT2D eigenvalue weighted by Crippen LogP contribution is 2.27. The van der Waals surface area contributed by atoms with Crippen molar-refractivity contribution in [3.63, 3.8) is 0 Å². The summed E-state index contributed by atoms with van der Waals surface area (Å²) < 4.78 is 3.30. The van der Waals surface area contributed by atoms with Crippen LogP contribution in [0.3, 0.4) is 0 Å². The van der Waals surface area contributed by atoms with Crippen LogP contribution >= 0.6 is 38.9 Å². The molecule has 20 heavy (non-hydrogen) atoms. The predicted molar refractivity (Wildman–Crippen MR) is 89.7 cm³/mol. The van der Waals surface area contributed by atoms with Gasteiger partial charge in [-0.25, -0.2) is 4.98 Å². The van der Waals surface area contributed by atoms with E-state index in [0.717, 1.165) is 27.8 Å². The lowest BCUT2D eigenvalue weighted by atomic mass is 10.2. The van der Waals surface area contributed by atoms with Gasteiger partial charge in [0.1, 0.15) is 5.82 Å². The Kier molecular flexibility index (Phi) is 4.15. The van der Waals surface area contributed by atoms with Crippen LogP contribution in [0.15, 0.2) is 40.2 Å². The second-order valence-electron chi connectivity index (χ2n) is 4.80. The predicted octanol–water partition coefficient (Wildman–Crippen LogP) is 5.40. The molecule has 2 aromatic heterocycles.